The monoisotopic (exact) mass is 441 g/mol. The van der Waals surface area contributed by atoms with Crippen LogP contribution in [0.3, 0.4) is 0 Å². The Morgan fingerprint density at radius 1 is 1.21 bits per heavy atom. The molecule has 0 radical (unpaired) electrons. The van der Waals surface area contributed by atoms with Crippen molar-refractivity contribution in [3.63, 3.8) is 0 Å². The molecule has 7 nitrogen and oxygen atoms in total. The van der Waals surface area contributed by atoms with Crippen LogP contribution in [0.4, 0.5) is 10.1 Å². The van der Waals surface area contributed by atoms with Crippen molar-refractivity contribution in [3.05, 3.63) is 58.9 Å². The number of benzene rings is 2. The van der Waals surface area contributed by atoms with Gasteiger partial charge in [0.05, 0.1) is 18.7 Å². The van der Waals surface area contributed by atoms with E-state index >= 15 is 0 Å². The Morgan fingerprint density at radius 3 is 2.66 bits per heavy atom. The standard InChI is InChI=1S/C19H21ClFN3O4S/c1-28-18-7-6-16(11-17(18)20)22-19(25)13-24-9-3-8-23(29(24,26)27)12-14-4-2-5-15(21)10-14/h2,4-7,10-11H,3,8-9,12-13H2,1H3,(H,22,25). The second kappa shape index (κ2) is 9.08. The molecule has 29 heavy (non-hydrogen) atoms. The third kappa shape index (κ3) is 5.24. The zero-order chi connectivity index (χ0) is 21.0. The maximum absolute atomic E-state index is 13.4. The predicted molar refractivity (Wildman–Crippen MR) is 109 cm³/mol. The van der Waals surface area contributed by atoms with Crippen molar-refractivity contribution in [2.24, 2.45) is 0 Å². The summed E-state index contributed by atoms with van der Waals surface area (Å²) < 4.78 is 46.6. The van der Waals surface area contributed by atoms with Crippen LogP contribution in [0.1, 0.15) is 12.0 Å². The van der Waals surface area contributed by atoms with Crippen molar-refractivity contribution < 1.29 is 22.3 Å². The maximum Gasteiger partial charge on any atom is 0.282 e. The zero-order valence-corrected chi connectivity index (χ0v) is 17.3. The number of rotatable bonds is 6. The van der Waals surface area contributed by atoms with Crippen LogP contribution in [0, 0.1) is 5.82 Å². The van der Waals surface area contributed by atoms with Crippen LogP contribution in [0.5, 0.6) is 5.75 Å². The lowest BCUT2D eigenvalue weighted by atomic mass is 10.2. The van der Waals surface area contributed by atoms with Crippen LogP contribution in [-0.4, -0.2) is 49.7 Å². The van der Waals surface area contributed by atoms with Gasteiger partial charge < -0.3 is 10.1 Å². The summed E-state index contributed by atoms with van der Waals surface area (Å²) in [5.41, 5.74) is 0.986. The van der Waals surface area contributed by atoms with E-state index in [1.807, 2.05) is 0 Å². The number of nitrogens with zero attached hydrogens (tertiary/aromatic N) is 2. The summed E-state index contributed by atoms with van der Waals surface area (Å²) >= 11 is 6.04. The Bertz CT molecular complexity index is 1000. The number of methoxy groups -OCH3 is 1. The number of carbonyl (C=O) groups is 1. The molecule has 1 amide bonds. The fourth-order valence-corrected chi connectivity index (χ4v) is 4.98. The lowest BCUT2D eigenvalue weighted by Gasteiger charge is -2.34. The Hall–Kier alpha value is -2.20. The number of hydrogen-bond acceptors (Lipinski definition) is 4. The van der Waals surface area contributed by atoms with Gasteiger partial charge in [0, 0.05) is 25.3 Å². The molecule has 156 valence electrons. The molecule has 0 aromatic heterocycles. The number of amides is 1. The van der Waals surface area contributed by atoms with Gasteiger partial charge in [0.25, 0.3) is 10.2 Å². The molecule has 0 aliphatic carbocycles. The van der Waals surface area contributed by atoms with Crippen molar-refractivity contribution in [3.8, 4) is 5.75 Å². The molecule has 0 bridgehead atoms. The Labute approximate surface area is 174 Å². The minimum absolute atomic E-state index is 0.0479. The lowest BCUT2D eigenvalue weighted by Crippen LogP contribution is -2.51. The van der Waals surface area contributed by atoms with Crippen LogP contribution in [-0.2, 0) is 21.5 Å². The third-order valence-corrected chi connectivity index (χ3v) is 6.69. The lowest BCUT2D eigenvalue weighted by molar-refractivity contribution is -0.116. The highest BCUT2D eigenvalue weighted by molar-refractivity contribution is 7.86. The molecule has 0 saturated carbocycles. The molecule has 0 atom stereocenters. The van der Waals surface area contributed by atoms with E-state index in [0.717, 1.165) is 4.31 Å². The fraction of sp³-hybridized carbons (Fsp3) is 0.316. The van der Waals surface area contributed by atoms with Gasteiger partial charge in [-0.1, -0.05) is 23.7 Å². The topological polar surface area (TPSA) is 79.0 Å². The van der Waals surface area contributed by atoms with Crippen LogP contribution in [0.25, 0.3) is 0 Å². The van der Waals surface area contributed by atoms with Crippen LogP contribution >= 0.6 is 11.6 Å². The number of nitrogens with one attached hydrogen (secondary N) is 1. The summed E-state index contributed by atoms with van der Waals surface area (Å²) in [4.78, 5) is 12.4. The number of hydrogen-bond donors (Lipinski definition) is 1. The molecule has 1 N–H and O–H groups in total. The van der Waals surface area contributed by atoms with Gasteiger partial charge in [-0.05, 0) is 42.3 Å². The van der Waals surface area contributed by atoms with Gasteiger partial charge in [-0.3, -0.25) is 4.79 Å². The minimum atomic E-state index is -3.84. The average molecular weight is 442 g/mol. The quantitative estimate of drug-likeness (QED) is 0.747. The smallest absolute Gasteiger partial charge is 0.282 e. The zero-order valence-electron chi connectivity index (χ0n) is 15.8. The first-order valence-electron chi connectivity index (χ1n) is 8.92. The van der Waals surface area contributed by atoms with E-state index in [1.165, 1.54) is 35.7 Å². The first kappa shape index (κ1) is 21.5. The van der Waals surface area contributed by atoms with E-state index < -0.39 is 21.9 Å². The summed E-state index contributed by atoms with van der Waals surface area (Å²) in [6.07, 6.45) is 0.566. The molecule has 2 aromatic rings. The molecule has 1 fully saturated rings. The summed E-state index contributed by atoms with van der Waals surface area (Å²) in [7, 11) is -2.36. The molecular formula is C19H21ClFN3O4S. The highest BCUT2D eigenvalue weighted by Crippen LogP contribution is 2.27. The normalized spacial score (nSPS) is 17.1. The van der Waals surface area contributed by atoms with E-state index in [2.05, 4.69) is 5.32 Å². The number of carbonyl (C=O) groups excluding carboxylic acids is 1. The SMILES string of the molecule is COc1ccc(NC(=O)CN2CCCN(Cc3cccc(F)c3)S2(=O)=O)cc1Cl. The molecule has 1 aliphatic rings. The highest BCUT2D eigenvalue weighted by atomic mass is 35.5. The van der Waals surface area contributed by atoms with E-state index in [1.54, 1.807) is 18.2 Å². The van der Waals surface area contributed by atoms with Crippen molar-refractivity contribution in [1.82, 2.24) is 8.61 Å². The fourth-order valence-electron chi connectivity index (χ4n) is 3.08. The molecule has 1 saturated heterocycles. The maximum atomic E-state index is 13.4. The van der Waals surface area contributed by atoms with Crippen LogP contribution < -0.4 is 10.1 Å². The van der Waals surface area contributed by atoms with Gasteiger partial charge in [0.15, 0.2) is 0 Å². The van der Waals surface area contributed by atoms with E-state index in [9.17, 15) is 17.6 Å². The molecule has 3 rings (SSSR count). The summed E-state index contributed by atoms with van der Waals surface area (Å²) in [5, 5.41) is 2.97. The summed E-state index contributed by atoms with van der Waals surface area (Å²) in [6.45, 7) is 0.266. The van der Waals surface area contributed by atoms with Gasteiger partial charge >= 0.3 is 0 Å². The predicted octanol–water partition coefficient (Wildman–Crippen LogP) is 2.88. The molecule has 1 heterocycles. The highest BCUT2D eigenvalue weighted by Gasteiger charge is 2.34. The third-order valence-electron chi connectivity index (χ3n) is 4.47. The summed E-state index contributed by atoms with van der Waals surface area (Å²) in [6, 6.07) is 10.5. The van der Waals surface area contributed by atoms with Crippen molar-refractivity contribution in [2.75, 3.05) is 32.1 Å². The first-order valence-corrected chi connectivity index (χ1v) is 10.7. The average Bonchev–Trinajstić information content (AvgIpc) is 2.65. The van der Waals surface area contributed by atoms with Crippen LogP contribution in [0.2, 0.25) is 5.02 Å². The van der Waals surface area contributed by atoms with Crippen molar-refractivity contribution >= 4 is 33.4 Å². The first-order chi connectivity index (χ1) is 13.8. The molecule has 2 aromatic carbocycles. The van der Waals surface area contributed by atoms with E-state index in [0.29, 0.717) is 35.0 Å². The second-order valence-electron chi connectivity index (χ2n) is 6.56. The van der Waals surface area contributed by atoms with Crippen molar-refractivity contribution in [1.29, 1.82) is 0 Å². The Morgan fingerprint density at radius 2 is 1.97 bits per heavy atom. The summed E-state index contributed by atoms with van der Waals surface area (Å²) in [5.74, 6) is -0.440. The Balaban J connectivity index is 1.66. The van der Waals surface area contributed by atoms with E-state index in [4.69, 9.17) is 16.3 Å². The van der Waals surface area contributed by atoms with Crippen molar-refractivity contribution in [2.45, 2.75) is 13.0 Å². The van der Waals surface area contributed by atoms with Gasteiger partial charge in [-0.2, -0.15) is 17.0 Å². The second-order valence-corrected chi connectivity index (χ2v) is 8.89. The molecule has 0 unspecified atom stereocenters. The number of anilines is 1. The minimum Gasteiger partial charge on any atom is -0.495 e. The molecular weight excluding hydrogens is 421 g/mol. The van der Waals surface area contributed by atoms with Crippen LogP contribution in [0.15, 0.2) is 42.5 Å². The van der Waals surface area contributed by atoms with Gasteiger partial charge in [-0.15, -0.1) is 0 Å². The molecule has 1 aliphatic heterocycles. The van der Waals surface area contributed by atoms with Gasteiger partial charge in [0.1, 0.15) is 11.6 Å². The number of halogens is 2. The van der Waals surface area contributed by atoms with E-state index in [-0.39, 0.29) is 19.6 Å². The molecule has 10 heteroatoms. The Kier molecular flexibility index (Phi) is 6.74. The van der Waals surface area contributed by atoms with Gasteiger partial charge in [-0.25, -0.2) is 4.39 Å². The largest absolute Gasteiger partial charge is 0.495 e. The van der Waals surface area contributed by atoms with Gasteiger partial charge in [0.2, 0.25) is 5.91 Å². The molecule has 0 spiro atoms. The number of ether oxygens (including phenoxy) is 1.